The van der Waals surface area contributed by atoms with Gasteiger partial charge in [0.15, 0.2) is 0 Å². The molecule has 0 atom stereocenters. The topological polar surface area (TPSA) is 27.0 Å². The maximum atomic E-state index is 9.28. The van der Waals surface area contributed by atoms with Gasteiger partial charge in [-0.3, -0.25) is 0 Å². The Morgan fingerprint density at radius 2 is 1.63 bits per heavy atom. The summed E-state index contributed by atoms with van der Waals surface area (Å²) in [7, 11) is 1.91. The number of anilines is 1. The fourth-order valence-electron chi connectivity index (χ4n) is 1.88. The minimum atomic E-state index is 0.662. The van der Waals surface area contributed by atoms with Gasteiger partial charge >= 0.3 is 0 Å². The minimum absolute atomic E-state index is 0.662. The summed E-state index contributed by atoms with van der Waals surface area (Å²) in [6.45, 7) is 0. The molecule has 0 fully saturated rings. The number of allylic oxidation sites excluding steroid dienone is 2. The Labute approximate surface area is 114 Å². The molecule has 0 unspecified atom stereocenters. The van der Waals surface area contributed by atoms with Crippen molar-refractivity contribution in [2.75, 3.05) is 11.9 Å². The summed E-state index contributed by atoms with van der Waals surface area (Å²) in [4.78, 5) is 1.91. The molecular weight excluding hydrogens is 232 g/mol. The third-order valence-corrected chi connectivity index (χ3v) is 2.99. The van der Waals surface area contributed by atoms with Crippen molar-refractivity contribution in [3.05, 3.63) is 78.0 Å². The fourth-order valence-corrected chi connectivity index (χ4v) is 1.88. The molecule has 19 heavy (non-hydrogen) atoms. The highest BCUT2D eigenvalue weighted by Gasteiger charge is 2.05. The lowest BCUT2D eigenvalue weighted by molar-refractivity contribution is 1.11. The maximum absolute atomic E-state index is 9.28. The number of para-hydroxylation sites is 1. The van der Waals surface area contributed by atoms with Crippen molar-refractivity contribution in [1.29, 1.82) is 5.26 Å². The van der Waals surface area contributed by atoms with Crippen LogP contribution in [-0.4, -0.2) is 7.05 Å². The van der Waals surface area contributed by atoms with Gasteiger partial charge < -0.3 is 4.90 Å². The van der Waals surface area contributed by atoms with E-state index in [4.69, 9.17) is 0 Å². The first-order valence-corrected chi connectivity index (χ1v) is 6.24. The number of benzene rings is 2. The van der Waals surface area contributed by atoms with Crippen molar-refractivity contribution < 1.29 is 0 Å². The highest BCUT2D eigenvalue weighted by Crippen LogP contribution is 2.16. The first kappa shape index (κ1) is 12.9. The molecular formula is C17H16N2. The first-order chi connectivity index (χ1) is 9.31. The predicted octanol–water partition coefficient (Wildman–Crippen LogP) is 3.77. The van der Waals surface area contributed by atoms with Crippen LogP contribution in [0.25, 0.3) is 0 Å². The molecule has 0 radical (unpaired) electrons. The van der Waals surface area contributed by atoms with E-state index < -0.39 is 0 Å². The molecule has 2 heteroatoms. The molecule has 0 N–H and O–H groups in total. The van der Waals surface area contributed by atoms with E-state index in [1.807, 2.05) is 66.6 Å². The van der Waals surface area contributed by atoms with E-state index in [1.165, 1.54) is 5.56 Å². The maximum Gasteiger partial charge on any atom is 0.117 e. The Morgan fingerprint density at radius 1 is 1.05 bits per heavy atom. The molecule has 94 valence electrons. The van der Waals surface area contributed by atoms with Gasteiger partial charge in [0.25, 0.3) is 0 Å². The van der Waals surface area contributed by atoms with Crippen LogP contribution in [0, 0.1) is 11.3 Å². The van der Waals surface area contributed by atoms with Gasteiger partial charge in [0.1, 0.15) is 11.8 Å². The van der Waals surface area contributed by atoms with Gasteiger partial charge in [0.05, 0.1) is 0 Å². The van der Waals surface area contributed by atoms with Crippen molar-refractivity contribution >= 4 is 5.69 Å². The Hall–Kier alpha value is -2.53. The Morgan fingerprint density at radius 3 is 2.21 bits per heavy atom. The van der Waals surface area contributed by atoms with Crippen LogP contribution in [0.3, 0.4) is 0 Å². The average molecular weight is 248 g/mol. The van der Waals surface area contributed by atoms with Gasteiger partial charge in [-0.1, -0.05) is 48.5 Å². The first-order valence-electron chi connectivity index (χ1n) is 6.24. The van der Waals surface area contributed by atoms with Crippen LogP contribution in [0.4, 0.5) is 5.69 Å². The number of nitriles is 1. The van der Waals surface area contributed by atoms with Crippen LogP contribution in [0.15, 0.2) is 72.4 Å². The molecule has 0 aliphatic heterocycles. The second-order valence-electron chi connectivity index (χ2n) is 4.29. The molecule has 2 aromatic carbocycles. The van der Waals surface area contributed by atoms with Gasteiger partial charge in [-0.05, 0) is 30.2 Å². The third-order valence-electron chi connectivity index (χ3n) is 2.99. The van der Waals surface area contributed by atoms with Crippen molar-refractivity contribution in [1.82, 2.24) is 0 Å². The molecule has 2 aromatic rings. The van der Waals surface area contributed by atoms with Gasteiger partial charge in [-0.15, -0.1) is 0 Å². The van der Waals surface area contributed by atoms with Crippen molar-refractivity contribution in [2.45, 2.75) is 6.42 Å². The smallest absolute Gasteiger partial charge is 0.117 e. The molecule has 0 aliphatic carbocycles. The zero-order valence-electron chi connectivity index (χ0n) is 11.0. The summed E-state index contributed by atoms with van der Waals surface area (Å²) in [6, 6.07) is 22.3. The standard InChI is InChI=1S/C17H16N2/c1-19(16-10-6-3-7-11-16)17(14-18)13-12-15-8-4-2-5-9-15/h2-11,13H,12H2,1H3/b17-13+. The Bertz CT molecular complexity index is 580. The molecule has 0 saturated heterocycles. The normalized spacial score (nSPS) is 10.8. The number of rotatable bonds is 4. The van der Waals surface area contributed by atoms with Gasteiger partial charge in [0, 0.05) is 12.7 Å². The second kappa shape index (κ2) is 6.42. The molecule has 0 amide bonds. The van der Waals surface area contributed by atoms with Crippen LogP contribution < -0.4 is 4.90 Å². The van der Waals surface area contributed by atoms with Crippen molar-refractivity contribution in [2.24, 2.45) is 0 Å². The summed E-state index contributed by atoms with van der Waals surface area (Å²) in [5, 5.41) is 9.28. The molecule has 0 aromatic heterocycles. The van der Waals surface area contributed by atoms with E-state index in [0.29, 0.717) is 5.70 Å². The lowest BCUT2D eigenvalue weighted by atomic mass is 10.1. The Balaban J connectivity index is 2.14. The van der Waals surface area contributed by atoms with E-state index in [-0.39, 0.29) is 0 Å². The highest BCUT2D eigenvalue weighted by atomic mass is 15.1. The largest absolute Gasteiger partial charge is 0.336 e. The van der Waals surface area contributed by atoms with E-state index in [9.17, 15) is 5.26 Å². The average Bonchev–Trinajstić information content (AvgIpc) is 2.49. The molecule has 0 spiro atoms. The summed E-state index contributed by atoms with van der Waals surface area (Å²) < 4.78 is 0. The number of nitrogens with zero attached hydrogens (tertiary/aromatic N) is 2. The number of hydrogen-bond acceptors (Lipinski definition) is 2. The monoisotopic (exact) mass is 248 g/mol. The van der Waals surface area contributed by atoms with Crippen LogP contribution >= 0.6 is 0 Å². The number of hydrogen-bond donors (Lipinski definition) is 0. The van der Waals surface area contributed by atoms with E-state index in [1.54, 1.807) is 0 Å². The van der Waals surface area contributed by atoms with E-state index >= 15 is 0 Å². The van der Waals surface area contributed by atoms with Gasteiger partial charge in [0.2, 0.25) is 0 Å². The summed E-state index contributed by atoms with van der Waals surface area (Å²) in [6.07, 6.45) is 2.73. The lowest BCUT2D eigenvalue weighted by Gasteiger charge is -2.17. The summed E-state index contributed by atoms with van der Waals surface area (Å²) in [5.74, 6) is 0. The van der Waals surface area contributed by atoms with E-state index in [0.717, 1.165) is 12.1 Å². The van der Waals surface area contributed by atoms with Crippen LogP contribution in [0.1, 0.15) is 5.56 Å². The molecule has 0 heterocycles. The SMILES string of the molecule is CN(/C(C#N)=C/Cc1ccccc1)c1ccccc1. The van der Waals surface area contributed by atoms with Crippen LogP contribution in [0.5, 0.6) is 0 Å². The summed E-state index contributed by atoms with van der Waals surface area (Å²) in [5.41, 5.74) is 2.88. The van der Waals surface area contributed by atoms with Gasteiger partial charge in [-0.25, -0.2) is 0 Å². The van der Waals surface area contributed by atoms with Crippen molar-refractivity contribution in [3.8, 4) is 6.07 Å². The van der Waals surface area contributed by atoms with Crippen LogP contribution in [-0.2, 0) is 6.42 Å². The van der Waals surface area contributed by atoms with Crippen molar-refractivity contribution in [3.63, 3.8) is 0 Å². The summed E-state index contributed by atoms with van der Waals surface area (Å²) >= 11 is 0. The quantitative estimate of drug-likeness (QED) is 0.770. The Kier molecular flexibility index (Phi) is 4.36. The second-order valence-corrected chi connectivity index (χ2v) is 4.29. The zero-order valence-corrected chi connectivity index (χ0v) is 11.0. The molecule has 0 saturated carbocycles. The fraction of sp³-hybridized carbons (Fsp3) is 0.118. The molecule has 2 rings (SSSR count). The minimum Gasteiger partial charge on any atom is -0.336 e. The van der Waals surface area contributed by atoms with E-state index in [2.05, 4.69) is 18.2 Å². The lowest BCUT2D eigenvalue weighted by Crippen LogP contribution is -2.15. The highest BCUT2D eigenvalue weighted by molar-refractivity contribution is 5.54. The van der Waals surface area contributed by atoms with Gasteiger partial charge in [-0.2, -0.15) is 5.26 Å². The zero-order chi connectivity index (χ0) is 13.5. The predicted molar refractivity (Wildman–Crippen MR) is 78.7 cm³/mol. The molecule has 2 nitrogen and oxygen atoms in total. The third kappa shape index (κ3) is 3.46. The van der Waals surface area contributed by atoms with Crippen LogP contribution in [0.2, 0.25) is 0 Å². The molecule has 0 aliphatic rings. The molecule has 0 bridgehead atoms.